The number of furan rings is 1. The van der Waals surface area contributed by atoms with E-state index < -0.39 is 5.41 Å². The van der Waals surface area contributed by atoms with E-state index in [1.54, 1.807) is 0 Å². The molecule has 11 aromatic carbocycles. The van der Waals surface area contributed by atoms with E-state index in [1.807, 2.05) is 6.07 Å². The van der Waals surface area contributed by atoms with E-state index in [0.29, 0.717) is 0 Å². The fourth-order valence-corrected chi connectivity index (χ4v) is 11.0. The Hall–Kier alpha value is -8.72. The first kappa shape index (κ1) is 38.7. The van der Waals surface area contributed by atoms with Gasteiger partial charge in [0.1, 0.15) is 11.2 Å². The Balaban J connectivity index is 1.04. The van der Waals surface area contributed by atoms with Crippen molar-refractivity contribution in [3.63, 3.8) is 0 Å². The predicted molar refractivity (Wildman–Crippen MR) is 280 cm³/mol. The number of hydrogen-bond donors (Lipinski definition) is 0. The summed E-state index contributed by atoms with van der Waals surface area (Å²) in [6.45, 7) is 0. The lowest BCUT2D eigenvalue weighted by Gasteiger charge is -2.34. The Morgan fingerprint density at radius 1 is 0.299 bits per heavy atom. The summed E-state index contributed by atoms with van der Waals surface area (Å²) in [6.07, 6.45) is 0. The average molecular weight is 854 g/mol. The maximum absolute atomic E-state index is 6.54. The van der Waals surface area contributed by atoms with Gasteiger partial charge in [-0.25, -0.2) is 0 Å². The van der Waals surface area contributed by atoms with E-state index in [-0.39, 0.29) is 0 Å². The summed E-state index contributed by atoms with van der Waals surface area (Å²) in [5.41, 5.74) is 19.0. The molecule has 314 valence electrons. The Morgan fingerprint density at radius 3 is 1.57 bits per heavy atom. The first-order valence-electron chi connectivity index (χ1n) is 23.1. The normalized spacial score (nSPS) is 12.6. The molecule has 13 rings (SSSR count). The van der Waals surface area contributed by atoms with Crippen LogP contribution in [0.2, 0.25) is 0 Å². The first-order chi connectivity index (χ1) is 33.3. The minimum atomic E-state index is -0.539. The second-order valence-corrected chi connectivity index (χ2v) is 17.5. The summed E-state index contributed by atoms with van der Waals surface area (Å²) in [7, 11) is 0. The first-order valence-corrected chi connectivity index (χ1v) is 23.1. The largest absolute Gasteiger partial charge is 0.455 e. The molecule has 2 heteroatoms. The molecule has 2 nitrogen and oxygen atoms in total. The van der Waals surface area contributed by atoms with Crippen LogP contribution in [0.1, 0.15) is 22.3 Å². The monoisotopic (exact) mass is 853 g/mol. The van der Waals surface area contributed by atoms with Crippen molar-refractivity contribution >= 4 is 49.8 Å². The van der Waals surface area contributed by atoms with Crippen LogP contribution in [0.5, 0.6) is 0 Å². The smallest absolute Gasteiger partial charge is 0.143 e. The lowest BCUT2D eigenvalue weighted by molar-refractivity contribution is 0.670. The lowest BCUT2D eigenvalue weighted by atomic mass is 9.68. The Labute approximate surface area is 390 Å². The minimum absolute atomic E-state index is 0.539. The van der Waals surface area contributed by atoms with Gasteiger partial charge in [0.25, 0.3) is 0 Å². The predicted octanol–water partition coefficient (Wildman–Crippen LogP) is 17.6. The number of benzene rings is 11. The molecule has 1 heterocycles. The van der Waals surface area contributed by atoms with E-state index in [0.717, 1.165) is 50.1 Å². The highest BCUT2D eigenvalue weighted by molar-refractivity contribution is 6.11. The summed E-state index contributed by atoms with van der Waals surface area (Å²) >= 11 is 0. The van der Waals surface area contributed by atoms with E-state index in [1.165, 1.54) is 66.4 Å². The van der Waals surface area contributed by atoms with Crippen molar-refractivity contribution in [2.75, 3.05) is 4.90 Å². The van der Waals surface area contributed by atoms with Crippen molar-refractivity contribution in [1.29, 1.82) is 0 Å². The molecule has 0 amide bonds. The van der Waals surface area contributed by atoms with E-state index in [2.05, 4.69) is 260 Å². The number of rotatable bonds is 8. The zero-order valence-corrected chi connectivity index (χ0v) is 36.7. The molecule has 0 saturated heterocycles. The molecule has 1 aromatic heterocycles. The quantitative estimate of drug-likeness (QED) is 0.151. The molecule has 0 saturated carbocycles. The molecule has 1 aliphatic rings. The molecule has 0 unspecified atom stereocenters. The highest BCUT2D eigenvalue weighted by Gasteiger charge is 2.47. The van der Waals surface area contributed by atoms with E-state index in [9.17, 15) is 0 Å². The molecule has 0 N–H and O–H groups in total. The van der Waals surface area contributed by atoms with Gasteiger partial charge in [0.15, 0.2) is 0 Å². The number of anilines is 3. The van der Waals surface area contributed by atoms with Crippen LogP contribution in [-0.4, -0.2) is 0 Å². The Bertz CT molecular complexity index is 3740. The van der Waals surface area contributed by atoms with Gasteiger partial charge in [-0.1, -0.05) is 231 Å². The maximum atomic E-state index is 6.54. The van der Waals surface area contributed by atoms with Gasteiger partial charge in [0, 0.05) is 33.0 Å². The number of hydrogen-bond acceptors (Lipinski definition) is 2. The highest BCUT2D eigenvalue weighted by atomic mass is 16.3. The van der Waals surface area contributed by atoms with Crippen LogP contribution >= 0.6 is 0 Å². The topological polar surface area (TPSA) is 16.4 Å². The van der Waals surface area contributed by atoms with E-state index >= 15 is 0 Å². The van der Waals surface area contributed by atoms with Crippen molar-refractivity contribution in [2.24, 2.45) is 0 Å². The lowest BCUT2D eigenvalue weighted by Crippen LogP contribution is -2.28. The van der Waals surface area contributed by atoms with Crippen molar-refractivity contribution in [3.8, 4) is 44.5 Å². The van der Waals surface area contributed by atoms with E-state index in [4.69, 9.17) is 4.42 Å². The molecule has 0 atom stereocenters. The van der Waals surface area contributed by atoms with Gasteiger partial charge in [-0.3, -0.25) is 0 Å². The van der Waals surface area contributed by atoms with Crippen LogP contribution in [0.3, 0.4) is 0 Å². The number of nitrogens with zero attached hydrogens (tertiary/aromatic N) is 1. The molecular formula is C65H43NO. The van der Waals surface area contributed by atoms with Gasteiger partial charge >= 0.3 is 0 Å². The average Bonchev–Trinajstić information content (AvgIpc) is 3.94. The molecular weight excluding hydrogens is 811 g/mol. The molecule has 0 radical (unpaired) electrons. The van der Waals surface area contributed by atoms with Crippen molar-refractivity contribution in [2.45, 2.75) is 5.41 Å². The van der Waals surface area contributed by atoms with Crippen molar-refractivity contribution in [3.05, 3.63) is 283 Å². The Kier molecular flexibility index (Phi) is 9.11. The van der Waals surface area contributed by atoms with Gasteiger partial charge in [-0.2, -0.15) is 0 Å². The molecule has 0 spiro atoms. The Morgan fingerprint density at radius 2 is 0.821 bits per heavy atom. The summed E-state index contributed by atoms with van der Waals surface area (Å²) in [4.78, 5) is 2.50. The molecule has 0 aliphatic heterocycles. The van der Waals surface area contributed by atoms with Gasteiger partial charge in [-0.15, -0.1) is 0 Å². The number of para-hydroxylation sites is 2. The van der Waals surface area contributed by atoms with Crippen LogP contribution in [0, 0.1) is 0 Å². The van der Waals surface area contributed by atoms with Crippen LogP contribution in [-0.2, 0) is 5.41 Å². The van der Waals surface area contributed by atoms with Crippen LogP contribution in [0.25, 0.3) is 77.2 Å². The van der Waals surface area contributed by atoms with Gasteiger partial charge in [0.2, 0.25) is 0 Å². The maximum Gasteiger partial charge on any atom is 0.143 e. The highest BCUT2D eigenvalue weighted by Crippen LogP contribution is 2.60. The standard InChI is InChI=1S/C65H43NO/c1-4-18-44(19-5-1)45-34-36-46(37-35-45)51-42-43-60(54-25-11-10-24-53(51)54)66(50-40-38-47(39-41-50)52-28-16-29-56-55-26-13-15-33-62(55)67-64(52)56)61-32-17-31-59-63(61)57-27-12-14-30-58(57)65(59,48-20-6-2-7-21-48)49-22-8-3-9-23-49/h1-43H. The zero-order chi connectivity index (χ0) is 44.3. The van der Waals surface area contributed by atoms with Crippen LogP contribution in [0.15, 0.2) is 265 Å². The zero-order valence-electron chi connectivity index (χ0n) is 36.7. The second-order valence-electron chi connectivity index (χ2n) is 17.5. The van der Waals surface area contributed by atoms with Gasteiger partial charge < -0.3 is 9.32 Å². The molecule has 12 aromatic rings. The molecule has 0 bridgehead atoms. The summed E-state index contributed by atoms with van der Waals surface area (Å²) in [5.74, 6) is 0. The van der Waals surface area contributed by atoms with Gasteiger partial charge in [0.05, 0.1) is 16.8 Å². The van der Waals surface area contributed by atoms with Crippen molar-refractivity contribution < 1.29 is 4.42 Å². The third-order valence-electron chi connectivity index (χ3n) is 14.0. The third kappa shape index (κ3) is 6.11. The van der Waals surface area contributed by atoms with Crippen LogP contribution < -0.4 is 4.90 Å². The molecule has 0 fully saturated rings. The summed E-state index contributed by atoms with van der Waals surface area (Å²) in [6, 6.07) is 95.1. The number of fused-ring (bicyclic) bond motifs is 7. The fourth-order valence-electron chi connectivity index (χ4n) is 11.0. The SMILES string of the molecule is c1ccc(-c2ccc(-c3ccc(N(c4ccc(-c5cccc6c5oc5ccccc56)cc4)c4cccc5c4-c4ccccc4C5(c4ccccc4)c4ccccc4)c4ccccc34)cc2)cc1. The summed E-state index contributed by atoms with van der Waals surface area (Å²) in [5, 5.41) is 4.62. The second kappa shape index (κ2) is 15.8. The molecule has 1 aliphatic carbocycles. The minimum Gasteiger partial charge on any atom is -0.455 e. The van der Waals surface area contributed by atoms with Gasteiger partial charge in [-0.05, 0) is 91.4 Å². The molecule has 67 heavy (non-hydrogen) atoms. The fraction of sp³-hybridized carbons (Fsp3) is 0.0154. The van der Waals surface area contributed by atoms with Crippen LogP contribution in [0.4, 0.5) is 17.1 Å². The summed E-state index contributed by atoms with van der Waals surface area (Å²) < 4.78 is 6.54. The third-order valence-corrected chi connectivity index (χ3v) is 14.0. The van der Waals surface area contributed by atoms with Crippen molar-refractivity contribution in [1.82, 2.24) is 0 Å².